The van der Waals surface area contributed by atoms with Crippen LogP contribution in [0.5, 0.6) is 0 Å². The van der Waals surface area contributed by atoms with Gasteiger partial charge < -0.3 is 4.79 Å². The van der Waals surface area contributed by atoms with Crippen molar-refractivity contribution in [1.82, 2.24) is 0 Å². The monoisotopic (exact) mass is 290 g/mol. The summed E-state index contributed by atoms with van der Waals surface area (Å²) in [6, 6.07) is 1.06. The summed E-state index contributed by atoms with van der Waals surface area (Å²) in [4.78, 5) is 12.0. The lowest BCUT2D eigenvalue weighted by molar-refractivity contribution is -0.112. The molecule has 0 aromatic carbocycles. The van der Waals surface area contributed by atoms with Gasteiger partial charge in [-0.2, -0.15) is 0 Å². The van der Waals surface area contributed by atoms with E-state index in [4.69, 9.17) is 0 Å². The van der Waals surface area contributed by atoms with Gasteiger partial charge in [-0.05, 0) is 32.2 Å². The number of halogens is 1. The van der Waals surface area contributed by atoms with Gasteiger partial charge in [0.25, 0.3) is 0 Å². The van der Waals surface area contributed by atoms with Gasteiger partial charge in [0.15, 0.2) is 0 Å². The van der Waals surface area contributed by atoms with Crippen molar-refractivity contribution in [3.05, 3.63) is 12.2 Å². The van der Waals surface area contributed by atoms with Crippen LogP contribution in [0.3, 0.4) is 0 Å². The van der Waals surface area contributed by atoms with Crippen molar-refractivity contribution < 1.29 is 4.79 Å². The predicted molar refractivity (Wildman–Crippen MR) is 74.4 cm³/mol. The van der Waals surface area contributed by atoms with Crippen molar-refractivity contribution in [3.63, 3.8) is 0 Å². The Morgan fingerprint density at radius 2 is 1.87 bits per heavy atom. The van der Waals surface area contributed by atoms with E-state index in [9.17, 15) is 4.79 Å². The summed E-state index contributed by atoms with van der Waals surface area (Å²) in [6.45, 7) is 10.3. The minimum absolute atomic E-state index is 0.532. The first-order valence-electron chi connectivity index (χ1n) is 5.64. The Bertz CT molecular complexity index is 224. The van der Waals surface area contributed by atoms with Crippen molar-refractivity contribution in [3.8, 4) is 0 Å². The summed E-state index contributed by atoms with van der Waals surface area (Å²) in [5, 5.41) is 1.54. The zero-order valence-corrected chi connectivity index (χ0v) is 12.8. The Labute approximate surface area is 103 Å². The third kappa shape index (κ3) is 7.07. The smallest absolute Gasteiger partial charge is 0.127 e. The highest BCUT2D eigenvalue weighted by atomic mass is 79.9. The second-order valence-corrected chi connectivity index (χ2v) is 10.5. The van der Waals surface area contributed by atoms with Crippen LogP contribution in [0.1, 0.15) is 32.6 Å². The molecular weight excluding hydrogens is 268 g/mol. The minimum Gasteiger partial charge on any atom is -0.305 e. The summed E-state index contributed by atoms with van der Waals surface area (Å²) in [7, 11) is -1.63. The van der Waals surface area contributed by atoms with E-state index in [1.54, 1.807) is 0 Å². The molecule has 0 aromatic heterocycles. The molecule has 0 aliphatic carbocycles. The van der Waals surface area contributed by atoms with Crippen LogP contribution in [0.15, 0.2) is 12.2 Å². The maximum Gasteiger partial charge on any atom is 0.127 e. The molecule has 15 heavy (non-hydrogen) atoms. The molecule has 0 aromatic rings. The van der Waals surface area contributed by atoms with Gasteiger partial charge in [-0.3, -0.25) is 0 Å². The van der Waals surface area contributed by atoms with E-state index in [-0.39, 0.29) is 0 Å². The molecule has 0 bridgehead atoms. The number of unbranched alkanes of at least 4 members (excludes halogenated alkanes) is 1. The Morgan fingerprint density at radius 1 is 1.27 bits per heavy atom. The Morgan fingerprint density at radius 3 is 2.33 bits per heavy atom. The number of allylic oxidation sites excluding steroid dienone is 1. The summed E-state index contributed by atoms with van der Waals surface area (Å²) in [6.07, 6.45) is 3.94. The molecule has 0 saturated carbocycles. The van der Waals surface area contributed by atoms with Gasteiger partial charge in [-0.15, -0.1) is 6.58 Å². The molecule has 0 saturated heterocycles. The van der Waals surface area contributed by atoms with Crippen molar-refractivity contribution in [1.29, 1.82) is 0 Å². The van der Waals surface area contributed by atoms with Crippen molar-refractivity contribution in [2.24, 2.45) is 0 Å². The Hall–Kier alpha value is 0.107. The van der Waals surface area contributed by atoms with Gasteiger partial charge in [0, 0.05) is 11.8 Å². The fourth-order valence-corrected chi connectivity index (χ4v) is 3.96. The molecule has 1 nitrogen and oxygen atoms in total. The van der Waals surface area contributed by atoms with E-state index in [1.807, 2.05) is 6.92 Å². The highest BCUT2D eigenvalue weighted by molar-refractivity contribution is 9.09. The number of carbonyl (C=O) groups is 1. The van der Waals surface area contributed by atoms with E-state index in [2.05, 4.69) is 35.6 Å². The third-order valence-corrected chi connectivity index (χ3v) is 6.54. The lowest BCUT2D eigenvalue weighted by Gasteiger charge is -2.20. The second-order valence-electron chi connectivity index (χ2n) is 4.91. The lowest BCUT2D eigenvalue weighted by Crippen LogP contribution is -2.37. The quantitative estimate of drug-likeness (QED) is 0.281. The summed E-state index contributed by atoms with van der Waals surface area (Å²) in [5.41, 5.74) is 1.20. The fraction of sp³-hybridized carbons (Fsp3) is 0.750. The molecule has 0 N–H and O–H groups in total. The Balaban J connectivity index is 3.96. The largest absolute Gasteiger partial charge is 0.305 e. The molecule has 0 radical (unpaired) electrons. The fourth-order valence-electron chi connectivity index (χ4n) is 1.38. The van der Waals surface area contributed by atoms with Gasteiger partial charge >= 0.3 is 0 Å². The zero-order chi connectivity index (χ0) is 11.9. The molecular formula is C12H23BrOSi. The van der Waals surface area contributed by atoms with E-state index in [0.717, 1.165) is 37.1 Å². The number of hydrogen-bond donors (Lipinski definition) is 0. The molecule has 0 heterocycles. The number of hydrogen-bond acceptors (Lipinski definition) is 1. The average Bonchev–Trinajstić information content (AvgIpc) is 2.15. The maximum atomic E-state index is 12.0. The van der Waals surface area contributed by atoms with Crippen LogP contribution in [0, 0.1) is 0 Å². The molecule has 0 rings (SSSR count). The van der Waals surface area contributed by atoms with Crippen LogP contribution in [-0.4, -0.2) is 18.8 Å². The summed E-state index contributed by atoms with van der Waals surface area (Å²) in [5.74, 6) is 0. The standard InChI is InChI=1S/C12H23BrOSi/c1-11(2)8-10-15(3,4)12(14)7-5-6-9-13/h1,5-10H2,2-4H3. The molecule has 0 fully saturated rings. The van der Waals surface area contributed by atoms with Gasteiger partial charge in [-0.1, -0.05) is 34.6 Å². The van der Waals surface area contributed by atoms with Gasteiger partial charge in [-0.25, -0.2) is 0 Å². The van der Waals surface area contributed by atoms with Crippen LogP contribution in [0.2, 0.25) is 19.1 Å². The van der Waals surface area contributed by atoms with E-state index < -0.39 is 8.07 Å². The molecule has 0 amide bonds. The van der Waals surface area contributed by atoms with Gasteiger partial charge in [0.1, 0.15) is 13.5 Å². The molecule has 3 heteroatoms. The zero-order valence-electron chi connectivity index (χ0n) is 10.2. The van der Waals surface area contributed by atoms with E-state index >= 15 is 0 Å². The highest BCUT2D eigenvalue weighted by Gasteiger charge is 2.28. The first-order chi connectivity index (χ1) is 6.90. The van der Waals surface area contributed by atoms with Gasteiger partial charge in [0.05, 0.1) is 0 Å². The number of rotatable bonds is 8. The van der Waals surface area contributed by atoms with Crippen LogP contribution in [0.4, 0.5) is 0 Å². The first-order valence-corrected chi connectivity index (χ1v) is 9.96. The van der Waals surface area contributed by atoms with Crippen molar-refractivity contribution in [2.75, 3.05) is 5.33 Å². The summed E-state index contributed by atoms with van der Waals surface area (Å²) < 4.78 is 0. The molecule has 0 spiro atoms. The average molecular weight is 291 g/mol. The van der Waals surface area contributed by atoms with Crippen molar-refractivity contribution >= 4 is 29.4 Å². The van der Waals surface area contributed by atoms with Crippen molar-refractivity contribution in [2.45, 2.75) is 51.7 Å². The van der Waals surface area contributed by atoms with Crippen LogP contribution in [0.25, 0.3) is 0 Å². The number of alkyl halides is 1. The first kappa shape index (κ1) is 15.1. The maximum absolute atomic E-state index is 12.0. The van der Waals surface area contributed by atoms with Crippen LogP contribution >= 0.6 is 15.9 Å². The molecule has 0 aliphatic rings. The highest BCUT2D eigenvalue weighted by Crippen LogP contribution is 2.19. The van der Waals surface area contributed by atoms with Gasteiger partial charge in [0.2, 0.25) is 0 Å². The summed E-state index contributed by atoms with van der Waals surface area (Å²) >= 11 is 3.39. The predicted octanol–water partition coefficient (Wildman–Crippen LogP) is 4.33. The number of carbonyl (C=O) groups excluding carboxylic acids is 1. The normalized spacial score (nSPS) is 11.5. The second kappa shape index (κ2) is 7.39. The van der Waals surface area contributed by atoms with E-state index in [0.29, 0.717) is 5.41 Å². The Kier molecular flexibility index (Phi) is 7.44. The molecule has 0 aliphatic heterocycles. The molecule has 0 unspecified atom stereocenters. The third-order valence-electron chi connectivity index (χ3n) is 2.72. The minimum atomic E-state index is -1.63. The van der Waals surface area contributed by atoms with Crippen LogP contribution < -0.4 is 0 Å². The van der Waals surface area contributed by atoms with E-state index in [1.165, 1.54) is 5.57 Å². The topological polar surface area (TPSA) is 17.1 Å². The molecule has 0 atom stereocenters. The SMILES string of the molecule is C=C(C)CC[Si](C)(C)C(=O)CCCCBr. The lowest BCUT2D eigenvalue weighted by atomic mass is 10.3. The van der Waals surface area contributed by atoms with Crippen LogP contribution in [-0.2, 0) is 4.79 Å². The molecule has 88 valence electrons.